The van der Waals surface area contributed by atoms with Crippen LogP contribution < -0.4 is 0 Å². The summed E-state index contributed by atoms with van der Waals surface area (Å²) in [4.78, 5) is 20.0. The Hall–Kier alpha value is -6.76. The molecule has 0 spiro atoms. The standard InChI is InChI=1S/C46H26N4OS/c1-3-9-32-25-34(19-13-27(32)7-1)44-48-43(49-45(50-44)35-20-14-28-8-2-4-10-33(28)26-35)30-15-17-31(18-16-30)46-47-37-23-21-29-22-24-39-41(40(29)42(37)51-46)36-11-5-6-12-38(36)52-39/h1-26H. The van der Waals surface area contributed by atoms with Gasteiger partial charge in [-0.3, -0.25) is 0 Å². The highest BCUT2D eigenvalue weighted by atomic mass is 32.1. The molecular formula is C46H26N4OS. The molecule has 6 heteroatoms. The van der Waals surface area contributed by atoms with E-state index < -0.39 is 0 Å². The molecule has 0 saturated carbocycles. The van der Waals surface area contributed by atoms with Gasteiger partial charge in [-0.25, -0.2) is 19.9 Å². The molecule has 52 heavy (non-hydrogen) atoms. The van der Waals surface area contributed by atoms with Gasteiger partial charge in [-0.05, 0) is 69.4 Å². The van der Waals surface area contributed by atoms with Gasteiger partial charge >= 0.3 is 0 Å². The number of thiophene rings is 1. The molecule has 0 atom stereocenters. The van der Waals surface area contributed by atoms with Gasteiger partial charge in [0.2, 0.25) is 5.89 Å². The lowest BCUT2D eigenvalue weighted by Crippen LogP contribution is -2.00. The van der Waals surface area contributed by atoms with E-state index in [1.165, 1.54) is 30.9 Å². The van der Waals surface area contributed by atoms with E-state index in [1.807, 2.05) is 41.7 Å². The lowest BCUT2D eigenvalue weighted by atomic mass is 10.0. The second kappa shape index (κ2) is 11.4. The van der Waals surface area contributed by atoms with Crippen molar-refractivity contribution in [2.45, 2.75) is 0 Å². The van der Waals surface area contributed by atoms with Crippen LogP contribution in [0.25, 0.3) is 109 Å². The van der Waals surface area contributed by atoms with Crippen LogP contribution in [0.2, 0.25) is 0 Å². The van der Waals surface area contributed by atoms with Crippen molar-refractivity contribution in [1.82, 2.24) is 19.9 Å². The van der Waals surface area contributed by atoms with Crippen LogP contribution in [0.5, 0.6) is 0 Å². The van der Waals surface area contributed by atoms with Crippen LogP contribution in [-0.2, 0) is 0 Å². The summed E-state index contributed by atoms with van der Waals surface area (Å²) in [5, 5.41) is 9.33. The number of benzene rings is 8. The Morgan fingerprint density at radius 1 is 0.385 bits per heavy atom. The van der Waals surface area contributed by atoms with Gasteiger partial charge in [0.15, 0.2) is 23.1 Å². The van der Waals surface area contributed by atoms with Crippen LogP contribution in [0, 0.1) is 0 Å². The first-order valence-corrected chi connectivity index (χ1v) is 18.0. The van der Waals surface area contributed by atoms with E-state index in [4.69, 9.17) is 24.4 Å². The third-order valence-corrected chi connectivity index (χ3v) is 11.1. The molecule has 0 fully saturated rings. The Morgan fingerprint density at radius 2 is 0.923 bits per heavy atom. The highest BCUT2D eigenvalue weighted by molar-refractivity contribution is 7.26. The van der Waals surface area contributed by atoms with Crippen LogP contribution in [0.4, 0.5) is 0 Å². The Balaban J connectivity index is 1.03. The summed E-state index contributed by atoms with van der Waals surface area (Å²) in [5.41, 5.74) is 5.28. The molecule has 11 rings (SSSR count). The zero-order valence-corrected chi connectivity index (χ0v) is 28.4. The summed E-state index contributed by atoms with van der Waals surface area (Å²) in [7, 11) is 0. The average Bonchev–Trinajstić information content (AvgIpc) is 3.83. The number of hydrogen-bond donors (Lipinski definition) is 0. The van der Waals surface area contributed by atoms with Crippen molar-refractivity contribution >= 4 is 74.9 Å². The number of rotatable bonds is 4. The first kappa shape index (κ1) is 29.0. The first-order chi connectivity index (χ1) is 25.7. The Morgan fingerprint density at radius 3 is 1.62 bits per heavy atom. The third kappa shape index (κ3) is 4.69. The maximum Gasteiger partial charge on any atom is 0.227 e. The number of aromatic nitrogens is 4. The molecule has 8 aromatic carbocycles. The molecule has 0 aliphatic heterocycles. The van der Waals surface area contributed by atoms with E-state index in [9.17, 15) is 0 Å². The molecule has 0 aliphatic carbocycles. The van der Waals surface area contributed by atoms with Crippen molar-refractivity contribution in [2.24, 2.45) is 0 Å². The smallest absolute Gasteiger partial charge is 0.227 e. The van der Waals surface area contributed by atoms with Crippen LogP contribution in [-0.4, -0.2) is 19.9 Å². The molecule has 11 aromatic rings. The molecular weight excluding hydrogens is 657 g/mol. The fraction of sp³-hybridized carbons (Fsp3) is 0. The molecule has 3 aromatic heterocycles. The molecule has 0 radical (unpaired) electrons. The van der Waals surface area contributed by atoms with Gasteiger partial charge in [0.1, 0.15) is 5.52 Å². The Bertz CT molecular complexity index is 3100. The van der Waals surface area contributed by atoms with E-state index in [1.54, 1.807) is 0 Å². The highest BCUT2D eigenvalue weighted by Crippen LogP contribution is 2.42. The highest BCUT2D eigenvalue weighted by Gasteiger charge is 2.18. The zero-order valence-electron chi connectivity index (χ0n) is 27.6. The maximum absolute atomic E-state index is 6.62. The normalized spacial score (nSPS) is 11.8. The van der Waals surface area contributed by atoms with E-state index >= 15 is 0 Å². The van der Waals surface area contributed by atoms with Crippen molar-refractivity contribution in [3.05, 3.63) is 158 Å². The maximum atomic E-state index is 6.62. The van der Waals surface area contributed by atoms with E-state index in [0.717, 1.165) is 54.9 Å². The second-order valence-corrected chi connectivity index (χ2v) is 14.2. The number of fused-ring (bicyclic) bond motifs is 9. The summed E-state index contributed by atoms with van der Waals surface area (Å²) in [6, 6.07) is 54.7. The molecule has 3 heterocycles. The molecule has 0 aliphatic rings. The quantitative estimate of drug-likeness (QED) is 0.185. The van der Waals surface area contributed by atoms with E-state index in [2.05, 4.69) is 127 Å². The lowest BCUT2D eigenvalue weighted by molar-refractivity contribution is 0.623. The van der Waals surface area contributed by atoms with Gasteiger partial charge in [0.25, 0.3) is 0 Å². The number of oxazole rings is 1. The lowest BCUT2D eigenvalue weighted by Gasteiger charge is -2.10. The molecule has 5 nitrogen and oxygen atoms in total. The monoisotopic (exact) mass is 682 g/mol. The molecule has 242 valence electrons. The van der Waals surface area contributed by atoms with Crippen molar-refractivity contribution in [3.63, 3.8) is 0 Å². The molecule has 0 unspecified atom stereocenters. The van der Waals surface area contributed by atoms with Crippen molar-refractivity contribution in [3.8, 4) is 45.6 Å². The van der Waals surface area contributed by atoms with E-state index in [0.29, 0.717) is 23.4 Å². The minimum atomic E-state index is 0.579. The fourth-order valence-electron chi connectivity index (χ4n) is 7.31. The first-order valence-electron chi connectivity index (χ1n) is 17.2. The van der Waals surface area contributed by atoms with Crippen LogP contribution in [0.1, 0.15) is 0 Å². The molecule has 0 amide bonds. The average molecular weight is 683 g/mol. The topological polar surface area (TPSA) is 64.7 Å². The van der Waals surface area contributed by atoms with Gasteiger partial charge in [0, 0.05) is 47.8 Å². The van der Waals surface area contributed by atoms with Gasteiger partial charge in [-0.1, -0.05) is 115 Å². The minimum absolute atomic E-state index is 0.579. The van der Waals surface area contributed by atoms with Gasteiger partial charge in [-0.2, -0.15) is 0 Å². The third-order valence-electron chi connectivity index (χ3n) is 9.92. The fourth-order valence-corrected chi connectivity index (χ4v) is 8.43. The summed E-state index contributed by atoms with van der Waals surface area (Å²) < 4.78 is 9.13. The largest absolute Gasteiger partial charge is 0.435 e. The van der Waals surface area contributed by atoms with Gasteiger partial charge in [-0.15, -0.1) is 11.3 Å². The summed E-state index contributed by atoms with van der Waals surface area (Å²) >= 11 is 1.81. The molecule has 0 N–H and O–H groups in total. The number of hydrogen-bond acceptors (Lipinski definition) is 6. The number of nitrogens with zero attached hydrogens (tertiary/aromatic N) is 4. The van der Waals surface area contributed by atoms with E-state index in [-0.39, 0.29) is 0 Å². The Kier molecular flexibility index (Phi) is 6.35. The summed E-state index contributed by atoms with van der Waals surface area (Å²) in [6.45, 7) is 0. The second-order valence-electron chi connectivity index (χ2n) is 13.1. The Labute approximate surface area is 301 Å². The molecule has 0 bridgehead atoms. The zero-order chi connectivity index (χ0) is 34.2. The van der Waals surface area contributed by atoms with Crippen LogP contribution in [0.15, 0.2) is 162 Å². The van der Waals surface area contributed by atoms with Gasteiger partial charge < -0.3 is 4.42 Å². The predicted octanol–water partition coefficient (Wildman–Crippen LogP) is 12.5. The minimum Gasteiger partial charge on any atom is -0.435 e. The van der Waals surface area contributed by atoms with Crippen molar-refractivity contribution < 1.29 is 4.42 Å². The summed E-state index contributed by atoms with van der Waals surface area (Å²) in [6.07, 6.45) is 0. The van der Waals surface area contributed by atoms with Gasteiger partial charge in [0.05, 0.1) is 0 Å². The van der Waals surface area contributed by atoms with Crippen molar-refractivity contribution in [1.29, 1.82) is 0 Å². The predicted molar refractivity (Wildman–Crippen MR) is 215 cm³/mol. The van der Waals surface area contributed by atoms with Crippen LogP contribution in [0.3, 0.4) is 0 Å². The van der Waals surface area contributed by atoms with Crippen LogP contribution >= 0.6 is 11.3 Å². The molecule has 0 saturated heterocycles. The summed E-state index contributed by atoms with van der Waals surface area (Å²) in [5.74, 6) is 2.43. The van der Waals surface area contributed by atoms with Crippen molar-refractivity contribution in [2.75, 3.05) is 0 Å². The SMILES string of the molecule is c1ccc2cc(-c3nc(-c4ccc(-c5nc6ccc7ccc8sc9ccccc9c8c7c6o5)cc4)nc(-c4ccc5ccccc5c4)n3)ccc2c1.